The van der Waals surface area contributed by atoms with Crippen LogP contribution in [0.2, 0.25) is 0 Å². The number of hydrogen-bond acceptors (Lipinski definition) is 4. The number of hydrogen-bond donors (Lipinski definition) is 0. The molecule has 2 atom stereocenters. The highest BCUT2D eigenvalue weighted by molar-refractivity contribution is 7.92. The van der Waals surface area contributed by atoms with Crippen LogP contribution >= 0.6 is 0 Å². The summed E-state index contributed by atoms with van der Waals surface area (Å²) in [5, 5.41) is 16.1. The van der Waals surface area contributed by atoms with Crippen molar-refractivity contribution in [2.24, 2.45) is 11.8 Å². The maximum atomic E-state index is 12.4. The summed E-state index contributed by atoms with van der Waals surface area (Å²) >= 11 is 0. The van der Waals surface area contributed by atoms with Crippen LogP contribution in [0.5, 0.6) is 0 Å². The molecule has 0 fully saturated rings. The Morgan fingerprint density at radius 1 is 0.882 bits per heavy atom. The van der Waals surface area contributed by atoms with Gasteiger partial charge in [-0.15, -0.1) is 0 Å². The molecule has 0 spiro atoms. The fraction of sp³-hybridized carbons (Fsp3) is 0.833. The van der Waals surface area contributed by atoms with E-state index in [0.29, 0.717) is 0 Å². The Kier molecular flexibility index (Phi) is 6.20. The smallest absolute Gasteiger partial charge is 0.158 e. The third-order valence-electron chi connectivity index (χ3n) is 2.92. The summed E-state index contributed by atoms with van der Waals surface area (Å²) in [6.45, 7) is 7.18. The van der Waals surface area contributed by atoms with Gasteiger partial charge in [-0.05, 0) is 11.8 Å². The van der Waals surface area contributed by atoms with Crippen LogP contribution in [-0.4, -0.2) is 18.9 Å². The summed E-state index contributed by atoms with van der Waals surface area (Å²) < 4.78 is 24.8. The van der Waals surface area contributed by atoms with E-state index in [1.807, 2.05) is 12.1 Å². The first kappa shape index (κ1) is 15.9. The maximum absolute atomic E-state index is 12.4. The van der Waals surface area contributed by atoms with Crippen molar-refractivity contribution in [2.45, 2.75) is 51.0 Å². The molecular weight excluding hydrogens is 236 g/mol. The average Bonchev–Trinajstić information content (AvgIpc) is 2.20. The highest BCUT2D eigenvalue weighted by atomic mass is 32.2. The maximum Gasteiger partial charge on any atom is 0.158 e. The van der Waals surface area contributed by atoms with Gasteiger partial charge in [0.25, 0.3) is 0 Å². The van der Waals surface area contributed by atoms with E-state index in [0.717, 1.165) is 0 Å². The third-order valence-corrected chi connectivity index (χ3v) is 6.03. The highest BCUT2D eigenvalue weighted by Gasteiger charge is 2.37. The van der Waals surface area contributed by atoms with Crippen molar-refractivity contribution < 1.29 is 8.42 Å². The van der Waals surface area contributed by atoms with Crippen LogP contribution in [0.15, 0.2) is 0 Å². The molecule has 0 rings (SSSR count). The molecular formula is C12H20N2O2S. The molecule has 0 aromatic carbocycles. The summed E-state index contributed by atoms with van der Waals surface area (Å²) in [6, 6.07) is 3.86. The lowest BCUT2D eigenvalue weighted by molar-refractivity contribution is 0.493. The van der Waals surface area contributed by atoms with E-state index in [4.69, 9.17) is 10.5 Å². The van der Waals surface area contributed by atoms with E-state index in [-0.39, 0.29) is 24.7 Å². The zero-order valence-corrected chi connectivity index (χ0v) is 11.7. The van der Waals surface area contributed by atoms with Gasteiger partial charge in [0, 0.05) is 0 Å². The Bertz CT molecular complexity index is 379. The molecule has 0 radical (unpaired) electrons. The van der Waals surface area contributed by atoms with Gasteiger partial charge in [-0.1, -0.05) is 27.7 Å². The van der Waals surface area contributed by atoms with Crippen LogP contribution in [0.25, 0.3) is 0 Å². The fourth-order valence-electron chi connectivity index (χ4n) is 1.87. The SMILES string of the molecule is CC(C)C(CC#N)S(=O)(=O)C(CC#N)C(C)C. The van der Waals surface area contributed by atoms with Crippen molar-refractivity contribution in [3.8, 4) is 12.1 Å². The van der Waals surface area contributed by atoms with Gasteiger partial charge in [0.1, 0.15) is 0 Å². The number of rotatable bonds is 6. The molecule has 0 aromatic heterocycles. The van der Waals surface area contributed by atoms with Crippen molar-refractivity contribution in [1.29, 1.82) is 10.5 Å². The molecule has 0 saturated carbocycles. The lowest BCUT2D eigenvalue weighted by Gasteiger charge is -2.26. The molecule has 0 heterocycles. The van der Waals surface area contributed by atoms with Gasteiger partial charge >= 0.3 is 0 Å². The second kappa shape index (κ2) is 6.61. The predicted molar refractivity (Wildman–Crippen MR) is 66.6 cm³/mol. The van der Waals surface area contributed by atoms with Crippen LogP contribution in [0, 0.1) is 34.5 Å². The van der Waals surface area contributed by atoms with E-state index in [2.05, 4.69) is 0 Å². The van der Waals surface area contributed by atoms with Gasteiger partial charge in [-0.25, -0.2) is 8.42 Å². The molecule has 0 saturated heterocycles. The summed E-state index contributed by atoms with van der Waals surface area (Å²) in [5.74, 6) is -0.223. The summed E-state index contributed by atoms with van der Waals surface area (Å²) in [7, 11) is -3.43. The van der Waals surface area contributed by atoms with Crippen molar-refractivity contribution in [1.82, 2.24) is 0 Å². The molecule has 4 nitrogen and oxygen atoms in total. The fourth-order valence-corrected chi connectivity index (χ4v) is 4.45. The predicted octanol–water partition coefficient (Wildman–Crippen LogP) is 2.28. The summed E-state index contributed by atoms with van der Waals surface area (Å²) in [6.07, 6.45) is -0.0106. The second-order valence-electron chi connectivity index (χ2n) is 4.88. The van der Waals surface area contributed by atoms with Crippen molar-refractivity contribution in [3.63, 3.8) is 0 Å². The van der Waals surface area contributed by atoms with Gasteiger partial charge in [0.15, 0.2) is 9.84 Å². The zero-order chi connectivity index (χ0) is 13.6. The van der Waals surface area contributed by atoms with E-state index in [1.54, 1.807) is 27.7 Å². The van der Waals surface area contributed by atoms with E-state index in [9.17, 15) is 8.42 Å². The Balaban J connectivity index is 5.33. The molecule has 0 amide bonds. The van der Waals surface area contributed by atoms with Gasteiger partial charge in [-0.2, -0.15) is 10.5 Å². The molecule has 0 aliphatic heterocycles. The largest absolute Gasteiger partial charge is 0.228 e. The molecule has 2 unspecified atom stereocenters. The molecule has 96 valence electrons. The minimum absolute atomic E-state index is 0.00531. The van der Waals surface area contributed by atoms with Gasteiger partial charge < -0.3 is 0 Å². The molecule has 0 bridgehead atoms. The average molecular weight is 256 g/mol. The first-order chi connectivity index (χ1) is 7.78. The first-order valence-electron chi connectivity index (χ1n) is 5.75. The Morgan fingerprint density at radius 3 is 1.35 bits per heavy atom. The van der Waals surface area contributed by atoms with Crippen LogP contribution in [0.1, 0.15) is 40.5 Å². The topological polar surface area (TPSA) is 81.7 Å². The quantitative estimate of drug-likeness (QED) is 0.730. The number of nitriles is 2. The Morgan fingerprint density at radius 2 is 1.18 bits per heavy atom. The van der Waals surface area contributed by atoms with Crippen LogP contribution in [0.3, 0.4) is 0 Å². The zero-order valence-electron chi connectivity index (χ0n) is 10.8. The number of nitrogens with zero attached hydrogens (tertiary/aromatic N) is 2. The minimum Gasteiger partial charge on any atom is -0.228 e. The minimum atomic E-state index is -3.43. The summed E-state index contributed by atoms with van der Waals surface area (Å²) in [4.78, 5) is 0. The monoisotopic (exact) mass is 256 g/mol. The van der Waals surface area contributed by atoms with Crippen LogP contribution < -0.4 is 0 Å². The van der Waals surface area contributed by atoms with Crippen LogP contribution in [0.4, 0.5) is 0 Å². The molecule has 0 aliphatic rings. The van der Waals surface area contributed by atoms with E-state index in [1.165, 1.54) is 0 Å². The van der Waals surface area contributed by atoms with Crippen LogP contribution in [-0.2, 0) is 9.84 Å². The number of sulfone groups is 1. The Labute approximate surface area is 104 Å². The van der Waals surface area contributed by atoms with Gasteiger partial charge in [0.05, 0.1) is 35.5 Å². The molecule has 5 heteroatoms. The van der Waals surface area contributed by atoms with Crippen molar-refractivity contribution >= 4 is 9.84 Å². The first-order valence-corrected chi connectivity index (χ1v) is 7.36. The van der Waals surface area contributed by atoms with E-state index < -0.39 is 20.3 Å². The lowest BCUT2D eigenvalue weighted by atomic mass is 10.1. The Hall–Kier alpha value is -1.07. The van der Waals surface area contributed by atoms with E-state index >= 15 is 0 Å². The summed E-state index contributed by atoms with van der Waals surface area (Å²) in [5.41, 5.74) is 0. The molecule has 0 N–H and O–H groups in total. The highest BCUT2D eigenvalue weighted by Crippen LogP contribution is 2.26. The standard InChI is InChI=1S/C12H20N2O2S/c1-9(2)11(5-7-13)17(15,16)12(6-8-14)10(3)4/h9-12H,5-6H2,1-4H3. The third kappa shape index (κ3) is 4.02. The van der Waals surface area contributed by atoms with Crippen molar-refractivity contribution in [2.75, 3.05) is 0 Å². The second-order valence-corrected chi connectivity index (χ2v) is 7.27. The van der Waals surface area contributed by atoms with Gasteiger partial charge in [-0.3, -0.25) is 0 Å². The molecule has 0 aromatic rings. The molecule has 0 aliphatic carbocycles. The van der Waals surface area contributed by atoms with Gasteiger partial charge in [0.2, 0.25) is 0 Å². The molecule has 17 heavy (non-hydrogen) atoms. The lowest BCUT2D eigenvalue weighted by Crippen LogP contribution is -2.38. The van der Waals surface area contributed by atoms with Crippen molar-refractivity contribution in [3.05, 3.63) is 0 Å². The normalized spacial score (nSPS) is 15.3.